The SMILES string of the molecule is COc1cc(OC)c([N+](=O)[O-])c(OC)c1OC. The number of benzene rings is 1. The largest absolute Gasteiger partial charge is 0.493 e. The molecule has 7 nitrogen and oxygen atoms in total. The van der Waals surface area contributed by atoms with Gasteiger partial charge in [-0.05, 0) is 0 Å². The van der Waals surface area contributed by atoms with Gasteiger partial charge in [0.1, 0.15) is 0 Å². The third-order valence-electron chi connectivity index (χ3n) is 2.17. The molecule has 0 fully saturated rings. The van der Waals surface area contributed by atoms with Gasteiger partial charge in [-0.3, -0.25) is 10.1 Å². The lowest BCUT2D eigenvalue weighted by molar-refractivity contribution is -0.386. The molecule has 0 atom stereocenters. The Hall–Kier alpha value is -2.18. The molecule has 7 heteroatoms. The molecule has 0 saturated heterocycles. The third kappa shape index (κ3) is 2.17. The lowest BCUT2D eigenvalue weighted by atomic mass is 10.2. The molecule has 94 valence electrons. The minimum Gasteiger partial charge on any atom is -0.493 e. The van der Waals surface area contributed by atoms with Crippen LogP contribution in [0.1, 0.15) is 0 Å². The van der Waals surface area contributed by atoms with Crippen LogP contribution in [0.4, 0.5) is 5.69 Å². The molecule has 0 unspecified atom stereocenters. The second-order valence-corrected chi connectivity index (χ2v) is 2.95. The van der Waals surface area contributed by atoms with Crippen molar-refractivity contribution in [1.29, 1.82) is 0 Å². The normalized spacial score (nSPS) is 9.65. The molecule has 0 N–H and O–H groups in total. The molecular formula is C10H13NO6. The van der Waals surface area contributed by atoms with E-state index in [1.165, 1.54) is 34.5 Å². The number of methoxy groups -OCH3 is 4. The van der Waals surface area contributed by atoms with Crippen molar-refractivity contribution in [1.82, 2.24) is 0 Å². The predicted molar refractivity (Wildman–Crippen MR) is 59.3 cm³/mol. The van der Waals surface area contributed by atoms with E-state index in [1.807, 2.05) is 0 Å². The van der Waals surface area contributed by atoms with Gasteiger partial charge >= 0.3 is 5.69 Å². The zero-order valence-electron chi connectivity index (χ0n) is 9.97. The first-order chi connectivity index (χ1) is 8.10. The topological polar surface area (TPSA) is 80.1 Å². The summed E-state index contributed by atoms with van der Waals surface area (Å²) in [7, 11) is 5.43. The van der Waals surface area contributed by atoms with Crippen LogP contribution in [-0.2, 0) is 0 Å². The van der Waals surface area contributed by atoms with Crippen molar-refractivity contribution in [2.45, 2.75) is 0 Å². The first-order valence-electron chi connectivity index (χ1n) is 4.62. The van der Waals surface area contributed by atoms with Gasteiger partial charge in [0, 0.05) is 6.07 Å². The summed E-state index contributed by atoms with van der Waals surface area (Å²) in [5.41, 5.74) is -0.298. The van der Waals surface area contributed by atoms with Crippen molar-refractivity contribution >= 4 is 5.69 Å². The fourth-order valence-electron chi connectivity index (χ4n) is 1.45. The average Bonchev–Trinajstić information content (AvgIpc) is 2.35. The van der Waals surface area contributed by atoms with Crippen molar-refractivity contribution < 1.29 is 23.9 Å². The molecule has 0 radical (unpaired) electrons. The molecule has 0 aliphatic carbocycles. The van der Waals surface area contributed by atoms with Gasteiger partial charge in [-0.2, -0.15) is 0 Å². The van der Waals surface area contributed by atoms with E-state index in [-0.39, 0.29) is 22.9 Å². The van der Waals surface area contributed by atoms with Crippen molar-refractivity contribution in [2.75, 3.05) is 28.4 Å². The Labute approximate surface area is 98.0 Å². The zero-order chi connectivity index (χ0) is 13.0. The minimum atomic E-state index is -0.598. The summed E-state index contributed by atoms with van der Waals surface area (Å²) < 4.78 is 20.0. The maximum absolute atomic E-state index is 11.0. The molecule has 0 aromatic heterocycles. The monoisotopic (exact) mass is 243 g/mol. The fourth-order valence-corrected chi connectivity index (χ4v) is 1.45. The van der Waals surface area contributed by atoms with Crippen molar-refractivity contribution in [3.63, 3.8) is 0 Å². The highest BCUT2D eigenvalue weighted by Crippen LogP contribution is 2.49. The van der Waals surface area contributed by atoms with Gasteiger partial charge in [-0.15, -0.1) is 0 Å². The van der Waals surface area contributed by atoms with Gasteiger partial charge in [0.25, 0.3) is 0 Å². The molecule has 0 aliphatic rings. The molecule has 0 saturated carbocycles. The highest BCUT2D eigenvalue weighted by molar-refractivity contribution is 5.69. The molecular weight excluding hydrogens is 230 g/mol. The predicted octanol–water partition coefficient (Wildman–Crippen LogP) is 1.63. The molecule has 1 aromatic rings. The molecule has 0 aliphatic heterocycles. The van der Waals surface area contributed by atoms with Gasteiger partial charge in [0.15, 0.2) is 5.75 Å². The Morgan fingerprint density at radius 3 is 1.82 bits per heavy atom. The van der Waals surface area contributed by atoms with Crippen LogP contribution >= 0.6 is 0 Å². The number of nitro benzene ring substituents is 1. The van der Waals surface area contributed by atoms with Crippen LogP contribution in [0.15, 0.2) is 6.07 Å². The van der Waals surface area contributed by atoms with Crippen LogP contribution in [0, 0.1) is 10.1 Å². The van der Waals surface area contributed by atoms with E-state index in [0.717, 1.165) is 0 Å². The highest BCUT2D eigenvalue weighted by atomic mass is 16.6. The summed E-state index contributed by atoms with van der Waals surface area (Å²) in [5, 5.41) is 11.0. The third-order valence-corrected chi connectivity index (χ3v) is 2.17. The van der Waals surface area contributed by atoms with Gasteiger partial charge in [-0.25, -0.2) is 0 Å². The molecule has 0 heterocycles. The van der Waals surface area contributed by atoms with E-state index in [4.69, 9.17) is 18.9 Å². The first kappa shape index (κ1) is 12.9. The number of nitrogens with zero attached hydrogens (tertiary/aromatic N) is 1. The fraction of sp³-hybridized carbons (Fsp3) is 0.400. The summed E-state index contributed by atoms with van der Waals surface area (Å²) in [6.45, 7) is 0. The van der Waals surface area contributed by atoms with Crippen LogP contribution in [0.5, 0.6) is 23.0 Å². The van der Waals surface area contributed by atoms with E-state index in [2.05, 4.69) is 0 Å². The molecule has 0 bridgehead atoms. The summed E-state index contributed by atoms with van der Waals surface area (Å²) >= 11 is 0. The van der Waals surface area contributed by atoms with E-state index in [1.54, 1.807) is 0 Å². The van der Waals surface area contributed by atoms with Crippen LogP contribution in [0.3, 0.4) is 0 Å². The molecule has 1 rings (SSSR count). The Morgan fingerprint density at radius 1 is 0.941 bits per heavy atom. The number of nitro groups is 1. The van der Waals surface area contributed by atoms with Gasteiger partial charge in [0.05, 0.1) is 33.4 Å². The smallest absolute Gasteiger partial charge is 0.356 e. The van der Waals surface area contributed by atoms with Gasteiger partial charge in [-0.1, -0.05) is 0 Å². The average molecular weight is 243 g/mol. The summed E-state index contributed by atoms with van der Waals surface area (Å²) in [5.74, 6) is 0.465. The van der Waals surface area contributed by atoms with Crippen molar-refractivity contribution in [2.24, 2.45) is 0 Å². The lowest BCUT2D eigenvalue weighted by Gasteiger charge is -2.13. The lowest BCUT2D eigenvalue weighted by Crippen LogP contribution is -2.02. The Bertz CT molecular complexity index is 431. The van der Waals surface area contributed by atoms with Crippen molar-refractivity contribution in [3.05, 3.63) is 16.2 Å². The van der Waals surface area contributed by atoms with Gasteiger partial charge in [0.2, 0.25) is 17.2 Å². The number of hydrogen-bond donors (Lipinski definition) is 0. The van der Waals surface area contributed by atoms with E-state index in [9.17, 15) is 10.1 Å². The minimum absolute atomic E-state index is 0.0336. The summed E-state index contributed by atoms with van der Waals surface area (Å²) in [6, 6.07) is 1.37. The zero-order valence-corrected chi connectivity index (χ0v) is 9.97. The second kappa shape index (κ2) is 5.24. The number of ether oxygens (including phenoxy) is 4. The molecule has 0 amide bonds. The Kier molecular flexibility index (Phi) is 3.97. The first-order valence-corrected chi connectivity index (χ1v) is 4.62. The van der Waals surface area contributed by atoms with Crippen LogP contribution in [-0.4, -0.2) is 33.4 Å². The van der Waals surface area contributed by atoms with Crippen molar-refractivity contribution in [3.8, 4) is 23.0 Å². The maximum Gasteiger partial charge on any atom is 0.356 e. The number of rotatable bonds is 5. The van der Waals surface area contributed by atoms with Gasteiger partial charge < -0.3 is 18.9 Å². The van der Waals surface area contributed by atoms with Crippen LogP contribution < -0.4 is 18.9 Å². The van der Waals surface area contributed by atoms with E-state index < -0.39 is 4.92 Å². The number of hydrogen-bond acceptors (Lipinski definition) is 6. The van der Waals surface area contributed by atoms with E-state index >= 15 is 0 Å². The van der Waals surface area contributed by atoms with Crippen LogP contribution in [0.2, 0.25) is 0 Å². The standard InChI is InChI=1S/C10H13NO6/c1-14-6-5-7(15-2)9(16-3)10(17-4)8(6)11(12)13/h5H,1-4H3. The molecule has 0 spiro atoms. The second-order valence-electron chi connectivity index (χ2n) is 2.95. The Morgan fingerprint density at radius 2 is 1.47 bits per heavy atom. The molecule has 1 aromatic carbocycles. The quantitative estimate of drug-likeness (QED) is 0.577. The summed E-state index contributed by atoms with van der Waals surface area (Å²) in [6.07, 6.45) is 0. The van der Waals surface area contributed by atoms with Crippen LogP contribution in [0.25, 0.3) is 0 Å². The Balaban J connectivity index is 3.61. The summed E-state index contributed by atoms with van der Waals surface area (Å²) in [4.78, 5) is 10.4. The molecule has 17 heavy (non-hydrogen) atoms. The maximum atomic E-state index is 11.0. The van der Waals surface area contributed by atoms with E-state index in [0.29, 0.717) is 5.75 Å². The highest BCUT2D eigenvalue weighted by Gasteiger charge is 2.29.